The van der Waals surface area contributed by atoms with Gasteiger partial charge in [-0.3, -0.25) is 4.79 Å². The number of amides is 1. The minimum Gasteiger partial charge on any atom is -0.338 e. The van der Waals surface area contributed by atoms with Crippen LogP contribution in [0.2, 0.25) is 0 Å². The van der Waals surface area contributed by atoms with Crippen molar-refractivity contribution >= 4 is 17.7 Å². The Kier molecular flexibility index (Phi) is 5.75. The fraction of sp³-hybridized carbons (Fsp3) is 0.500. The molecule has 0 bridgehead atoms. The number of hydrogen-bond donors (Lipinski definition) is 1. The first-order valence-electron chi connectivity index (χ1n) is 8.60. The van der Waals surface area contributed by atoms with Gasteiger partial charge in [0.1, 0.15) is 0 Å². The maximum Gasteiger partial charge on any atom is 0.254 e. The fourth-order valence-electron chi connectivity index (χ4n) is 3.15. The third-order valence-electron chi connectivity index (χ3n) is 4.54. The van der Waals surface area contributed by atoms with Gasteiger partial charge in [-0.05, 0) is 49.9 Å². The zero-order chi connectivity index (χ0) is 17.8. The molecule has 3 rings (SSSR count). The summed E-state index contributed by atoms with van der Waals surface area (Å²) >= 11 is 1.61. The van der Waals surface area contributed by atoms with Crippen molar-refractivity contribution in [1.29, 1.82) is 0 Å². The van der Waals surface area contributed by atoms with Gasteiger partial charge in [-0.1, -0.05) is 12.1 Å². The molecule has 25 heavy (non-hydrogen) atoms. The molecule has 0 aliphatic carbocycles. The lowest BCUT2D eigenvalue weighted by Crippen LogP contribution is -2.49. The number of piperidine rings is 1. The lowest BCUT2D eigenvalue weighted by molar-refractivity contribution is 0.0573. The number of thioether (sulfide) groups is 1. The van der Waals surface area contributed by atoms with Gasteiger partial charge in [0.05, 0.1) is 5.75 Å². The molecule has 0 saturated carbocycles. The van der Waals surface area contributed by atoms with Gasteiger partial charge < -0.3 is 15.2 Å². The summed E-state index contributed by atoms with van der Waals surface area (Å²) < 4.78 is 5.11. The first-order chi connectivity index (χ1) is 12.1. The van der Waals surface area contributed by atoms with Crippen molar-refractivity contribution in [2.45, 2.75) is 43.4 Å². The highest BCUT2D eigenvalue weighted by Crippen LogP contribution is 2.26. The first-order valence-corrected chi connectivity index (χ1v) is 9.58. The van der Waals surface area contributed by atoms with Gasteiger partial charge in [-0.25, -0.2) is 0 Å². The van der Waals surface area contributed by atoms with Crippen LogP contribution in [0.4, 0.5) is 0 Å². The number of aryl methyl sites for hydroxylation is 1. The van der Waals surface area contributed by atoms with E-state index in [1.54, 1.807) is 18.7 Å². The Hall–Kier alpha value is -1.86. The molecular formula is C18H24N4O2S. The molecule has 134 valence electrons. The molecule has 1 aromatic heterocycles. The second-order valence-electron chi connectivity index (χ2n) is 6.57. The fourth-order valence-corrected chi connectivity index (χ4v) is 3.88. The molecule has 1 aliphatic heterocycles. The van der Waals surface area contributed by atoms with Crippen molar-refractivity contribution in [2.24, 2.45) is 11.7 Å². The molecule has 0 radical (unpaired) electrons. The van der Waals surface area contributed by atoms with Crippen molar-refractivity contribution in [3.8, 4) is 0 Å². The molecule has 1 aromatic carbocycles. The van der Waals surface area contributed by atoms with Gasteiger partial charge in [-0.15, -0.1) is 11.8 Å². The Labute approximate surface area is 152 Å². The van der Waals surface area contributed by atoms with Gasteiger partial charge in [0.15, 0.2) is 5.82 Å². The van der Waals surface area contributed by atoms with E-state index >= 15 is 0 Å². The standard InChI is InChI=1S/C18H24N4O2S/c1-12-7-8-22(15(9-12)10-19)18(23)14-3-5-16(6-4-14)25-11-17-20-13(2)21-24-17/h3-6,12,15H,7-11,19H2,1-2H3. The molecule has 1 amide bonds. The van der Waals surface area contributed by atoms with E-state index < -0.39 is 0 Å². The highest BCUT2D eigenvalue weighted by molar-refractivity contribution is 7.98. The molecule has 1 aliphatic rings. The number of benzene rings is 1. The highest BCUT2D eigenvalue weighted by atomic mass is 32.2. The zero-order valence-corrected chi connectivity index (χ0v) is 15.5. The number of likely N-dealkylation sites (tertiary alicyclic amines) is 1. The quantitative estimate of drug-likeness (QED) is 0.825. The molecular weight excluding hydrogens is 336 g/mol. The second-order valence-corrected chi connectivity index (χ2v) is 7.61. The molecule has 1 fully saturated rings. The van der Waals surface area contributed by atoms with E-state index in [1.807, 2.05) is 29.2 Å². The maximum absolute atomic E-state index is 12.8. The number of rotatable bonds is 5. The van der Waals surface area contributed by atoms with Crippen molar-refractivity contribution in [1.82, 2.24) is 15.0 Å². The van der Waals surface area contributed by atoms with E-state index in [0.717, 1.165) is 24.3 Å². The summed E-state index contributed by atoms with van der Waals surface area (Å²) in [5.41, 5.74) is 6.59. The van der Waals surface area contributed by atoms with E-state index in [4.69, 9.17) is 10.3 Å². The highest BCUT2D eigenvalue weighted by Gasteiger charge is 2.29. The molecule has 7 heteroatoms. The van der Waals surface area contributed by atoms with Crippen molar-refractivity contribution in [3.63, 3.8) is 0 Å². The van der Waals surface area contributed by atoms with E-state index in [2.05, 4.69) is 17.1 Å². The normalized spacial score (nSPS) is 20.7. The Morgan fingerprint density at radius 1 is 1.40 bits per heavy atom. The Morgan fingerprint density at radius 2 is 2.16 bits per heavy atom. The van der Waals surface area contributed by atoms with Crippen LogP contribution < -0.4 is 5.73 Å². The topological polar surface area (TPSA) is 85.2 Å². The third kappa shape index (κ3) is 4.41. The number of nitrogens with zero attached hydrogens (tertiary/aromatic N) is 3. The molecule has 2 heterocycles. The van der Waals surface area contributed by atoms with Crippen molar-refractivity contribution < 1.29 is 9.32 Å². The number of carbonyl (C=O) groups excluding carboxylic acids is 1. The van der Waals surface area contributed by atoms with Gasteiger partial charge in [0.25, 0.3) is 5.91 Å². The first kappa shape index (κ1) is 17.9. The zero-order valence-electron chi connectivity index (χ0n) is 14.6. The summed E-state index contributed by atoms with van der Waals surface area (Å²) in [6, 6.07) is 7.84. The van der Waals surface area contributed by atoms with Crippen LogP contribution >= 0.6 is 11.8 Å². The lowest BCUT2D eigenvalue weighted by atomic mass is 9.92. The molecule has 1 saturated heterocycles. The van der Waals surface area contributed by atoms with Crippen LogP contribution in [0.25, 0.3) is 0 Å². The average molecular weight is 360 g/mol. The summed E-state index contributed by atoms with van der Waals surface area (Å²) in [4.78, 5) is 20.0. The minimum atomic E-state index is 0.0754. The second kappa shape index (κ2) is 8.01. The SMILES string of the molecule is Cc1noc(CSc2ccc(C(=O)N3CCC(C)CC3CN)cc2)n1. The largest absolute Gasteiger partial charge is 0.338 e. The van der Waals surface area contributed by atoms with Gasteiger partial charge in [0, 0.05) is 29.6 Å². The van der Waals surface area contributed by atoms with Gasteiger partial charge in [-0.2, -0.15) is 4.98 Å². The predicted molar refractivity (Wildman–Crippen MR) is 97.3 cm³/mol. The molecule has 2 atom stereocenters. The van der Waals surface area contributed by atoms with Crippen LogP contribution in [-0.2, 0) is 5.75 Å². The average Bonchev–Trinajstić information content (AvgIpc) is 3.05. The summed E-state index contributed by atoms with van der Waals surface area (Å²) in [5.74, 6) is 2.57. The summed E-state index contributed by atoms with van der Waals surface area (Å²) in [6.45, 7) is 5.33. The Morgan fingerprint density at radius 3 is 2.80 bits per heavy atom. The van der Waals surface area contributed by atoms with E-state index in [9.17, 15) is 4.79 Å². The smallest absolute Gasteiger partial charge is 0.254 e. The maximum atomic E-state index is 12.8. The molecule has 2 unspecified atom stereocenters. The molecule has 2 N–H and O–H groups in total. The monoisotopic (exact) mass is 360 g/mol. The number of nitrogens with two attached hydrogens (primary N) is 1. The summed E-state index contributed by atoms with van der Waals surface area (Å²) in [6.07, 6.45) is 2.03. The van der Waals surface area contributed by atoms with Crippen molar-refractivity contribution in [2.75, 3.05) is 13.1 Å². The van der Waals surface area contributed by atoms with Crippen LogP contribution in [0.5, 0.6) is 0 Å². The van der Waals surface area contributed by atoms with Crippen LogP contribution in [0.1, 0.15) is 41.8 Å². The summed E-state index contributed by atoms with van der Waals surface area (Å²) in [5, 5.41) is 3.78. The van der Waals surface area contributed by atoms with Crippen LogP contribution in [-0.4, -0.2) is 40.1 Å². The van der Waals surface area contributed by atoms with E-state index in [1.165, 1.54) is 0 Å². The van der Waals surface area contributed by atoms with Crippen molar-refractivity contribution in [3.05, 3.63) is 41.5 Å². The van der Waals surface area contributed by atoms with E-state index in [0.29, 0.717) is 35.5 Å². The minimum absolute atomic E-state index is 0.0754. The van der Waals surface area contributed by atoms with Crippen LogP contribution in [0, 0.1) is 12.8 Å². The van der Waals surface area contributed by atoms with E-state index in [-0.39, 0.29) is 11.9 Å². The molecule has 2 aromatic rings. The van der Waals surface area contributed by atoms with Crippen LogP contribution in [0.3, 0.4) is 0 Å². The Bertz CT molecular complexity index is 716. The molecule has 6 nitrogen and oxygen atoms in total. The third-order valence-corrected chi connectivity index (χ3v) is 5.54. The van der Waals surface area contributed by atoms with Gasteiger partial charge >= 0.3 is 0 Å². The number of carbonyl (C=O) groups is 1. The molecule has 0 spiro atoms. The number of aromatic nitrogens is 2. The van der Waals surface area contributed by atoms with Crippen LogP contribution in [0.15, 0.2) is 33.7 Å². The Balaban J connectivity index is 1.62. The summed E-state index contributed by atoms with van der Waals surface area (Å²) in [7, 11) is 0. The van der Waals surface area contributed by atoms with Gasteiger partial charge in [0.2, 0.25) is 5.89 Å². The predicted octanol–water partition coefficient (Wildman–Crippen LogP) is 2.87. The lowest BCUT2D eigenvalue weighted by Gasteiger charge is -2.38. The number of hydrogen-bond acceptors (Lipinski definition) is 6.